The Kier molecular flexibility index (Phi) is 6.04. The third-order valence-electron chi connectivity index (χ3n) is 8.80. The van der Waals surface area contributed by atoms with Crippen molar-refractivity contribution in [3.63, 3.8) is 0 Å². The van der Waals surface area contributed by atoms with Crippen molar-refractivity contribution >= 4 is 23.0 Å². The van der Waals surface area contributed by atoms with Crippen LogP contribution in [0, 0.1) is 12.7 Å². The van der Waals surface area contributed by atoms with Crippen LogP contribution in [0.1, 0.15) is 70.7 Å². The van der Waals surface area contributed by atoms with Crippen molar-refractivity contribution in [3.8, 4) is 17.1 Å². The number of carbonyl (C=O) groups is 2. The van der Waals surface area contributed by atoms with Gasteiger partial charge in [-0.3, -0.25) is 9.59 Å². The Bertz CT molecular complexity index is 1880. The summed E-state index contributed by atoms with van der Waals surface area (Å²) in [7, 11) is 0. The molecule has 2 aromatic carbocycles. The van der Waals surface area contributed by atoms with Crippen LogP contribution >= 0.6 is 0 Å². The molecule has 42 heavy (non-hydrogen) atoms. The average molecular weight is 570 g/mol. The summed E-state index contributed by atoms with van der Waals surface area (Å²) >= 11 is 0. The number of alkyl carbamates (subject to hydrolysis) is 1. The van der Waals surface area contributed by atoms with Gasteiger partial charge in [-0.2, -0.15) is 0 Å². The number of aromatic hydroxyl groups is 1. The number of fused-ring (bicyclic) bond motifs is 5. The second-order valence-electron chi connectivity index (χ2n) is 11.1. The molecule has 0 bridgehead atoms. The number of rotatable bonds is 4. The number of ether oxygens (including phenoxy) is 2. The quantitative estimate of drug-likeness (QED) is 0.291. The first-order chi connectivity index (χ1) is 20.2. The SMILES string of the molecule is CCC1C(=O)OCc2c1cc1n(c2=O)Cc2c-1nc1cc(F)c(C)c3c1c2C(NC(=O)OCc1ccc(O)cc1)CC3. The minimum atomic E-state index is -0.612. The minimum absolute atomic E-state index is 0.0232. The lowest BCUT2D eigenvalue weighted by Gasteiger charge is -2.29. The number of amides is 1. The number of esters is 1. The number of phenolic OH excluding ortho intramolecular Hbond substituents is 1. The van der Waals surface area contributed by atoms with Crippen molar-refractivity contribution in [2.24, 2.45) is 0 Å². The molecule has 0 fully saturated rings. The van der Waals surface area contributed by atoms with Gasteiger partial charge in [0, 0.05) is 17.0 Å². The molecule has 1 aliphatic carbocycles. The average Bonchev–Trinajstić information content (AvgIpc) is 3.34. The maximum atomic E-state index is 15.1. The summed E-state index contributed by atoms with van der Waals surface area (Å²) in [6.07, 6.45) is 0.928. The molecule has 2 atom stereocenters. The number of phenols is 1. The number of cyclic esters (lactones) is 1. The number of benzene rings is 2. The Balaban J connectivity index is 1.33. The van der Waals surface area contributed by atoms with Crippen LogP contribution in [0.3, 0.4) is 0 Å². The van der Waals surface area contributed by atoms with Crippen molar-refractivity contribution in [1.29, 1.82) is 0 Å². The number of halogens is 1. The first-order valence-corrected chi connectivity index (χ1v) is 14.0. The maximum absolute atomic E-state index is 15.1. The van der Waals surface area contributed by atoms with E-state index in [9.17, 15) is 19.5 Å². The summed E-state index contributed by atoms with van der Waals surface area (Å²) in [5, 5.41) is 13.3. The summed E-state index contributed by atoms with van der Waals surface area (Å²) in [6.45, 7) is 3.80. The predicted molar refractivity (Wildman–Crippen MR) is 151 cm³/mol. The van der Waals surface area contributed by atoms with E-state index in [2.05, 4.69) is 5.32 Å². The van der Waals surface area contributed by atoms with Crippen LogP contribution in [-0.2, 0) is 40.4 Å². The lowest BCUT2D eigenvalue weighted by molar-refractivity contribution is -0.148. The second kappa shape index (κ2) is 9.68. The van der Waals surface area contributed by atoms with Crippen LogP contribution in [-0.4, -0.2) is 26.7 Å². The summed E-state index contributed by atoms with van der Waals surface area (Å²) < 4.78 is 27.5. The zero-order valence-corrected chi connectivity index (χ0v) is 23.1. The Morgan fingerprint density at radius 2 is 1.98 bits per heavy atom. The fraction of sp³-hybridized carbons (Fsp3) is 0.312. The van der Waals surface area contributed by atoms with Crippen molar-refractivity contribution in [1.82, 2.24) is 14.9 Å². The standard InChI is InChI=1S/C32H28FN3O6/c1-3-18-20-10-26-29-21(12-36(26)30(38)22(20)14-41-31(18)39)28-24(35-32(40)42-13-16-4-6-17(37)7-5-16)9-8-19-15(2)23(33)11-25(34-29)27(19)28/h4-7,10-11,18,24,37H,3,8-9,12-14H2,1-2H3,(H,35,40). The zero-order chi connectivity index (χ0) is 29.3. The third kappa shape index (κ3) is 3.96. The number of hydrogen-bond acceptors (Lipinski definition) is 7. The van der Waals surface area contributed by atoms with Crippen molar-refractivity contribution < 1.29 is 28.6 Å². The molecule has 0 saturated heterocycles. The lowest BCUT2D eigenvalue weighted by atomic mass is 9.81. The molecule has 2 aliphatic heterocycles. The molecule has 0 saturated carbocycles. The van der Waals surface area contributed by atoms with Gasteiger partial charge in [0.2, 0.25) is 0 Å². The lowest BCUT2D eigenvalue weighted by Crippen LogP contribution is -2.33. The Morgan fingerprint density at radius 3 is 2.74 bits per heavy atom. The van der Waals surface area contributed by atoms with E-state index in [1.165, 1.54) is 18.2 Å². The number of carbonyl (C=O) groups excluding carboxylic acids is 2. The normalized spacial score (nSPS) is 18.2. The number of aromatic nitrogens is 2. The van der Waals surface area contributed by atoms with Gasteiger partial charge >= 0.3 is 12.1 Å². The van der Waals surface area contributed by atoms with Crippen molar-refractivity contribution in [3.05, 3.63) is 91.5 Å². The molecule has 1 amide bonds. The van der Waals surface area contributed by atoms with Gasteiger partial charge in [0.25, 0.3) is 5.56 Å². The largest absolute Gasteiger partial charge is 0.508 e. The van der Waals surface area contributed by atoms with Gasteiger partial charge in [-0.25, -0.2) is 14.2 Å². The molecule has 2 aromatic heterocycles. The van der Waals surface area contributed by atoms with Crippen LogP contribution in [0.2, 0.25) is 0 Å². The van der Waals surface area contributed by atoms with E-state index in [-0.39, 0.29) is 42.9 Å². The minimum Gasteiger partial charge on any atom is -0.508 e. The van der Waals surface area contributed by atoms with E-state index < -0.39 is 18.1 Å². The van der Waals surface area contributed by atoms with Crippen LogP contribution in [0.5, 0.6) is 5.75 Å². The highest BCUT2D eigenvalue weighted by Crippen LogP contribution is 2.45. The van der Waals surface area contributed by atoms with Gasteiger partial charge in [0.15, 0.2) is 0 Å². The van der Waals surface area contributed by atoms with Gasteiger partial charge in [-0.05, 0) is 72.2 Å². The molecule has 2 N–H and O–H groups in total. The van der Waals surface area contributed by atoms with Gasteiger partial charge in [0.05, 0.1) is 41.0 Å². The topological polar surface area (TPSA) is 120 Å². The zero-order valence-electron chi connectivity index (χ0n) is 23.1. The van der Waals surface area contributed by atoms with Crippen molar-refractivity contribution in [2.75, 3.05) is 0 Å². The van der Waals surface area contributed by atoms with Crippen LogP contribution in [0.4, 0.5) is 9.18 Å². The summed E-state index contributed by atoms with van der Waals surface area (Å²) in [6, 6.07) is 9.20. The molecule has 9 nitrogen and oxygen atoms in total. The summed E-state index contributed by atoms with van der Waals surface area (Å²) in [5.41, 5.74) is 6.16. The maximum Gasteiger partial charge on any atom is 0.407 e. The van der Waals surface area contributed by atoms with E-state index >= 15 is 4.39 Å². The second-order valence-corrected chi connectivity index (χ2v) is 11.1. The Hall–Kier alpha value is -4.73. The highest BCUT2D eigenvalue weighted by Gasteiger charge is 2.37. The molecule has 7 rings (SSSR count). The highest BCUT2D eigenvalue weighted by molar-refractivity contribution is 5.93. The highest BCUT2D eigenvalue weighted by atomic mass is 19.1. The predicted octanol–water partition coefficient (Wildman–Crippen LogP) is 5.04. The van der Waals surface area contributed by atoms with Crippen LogP contribution in [0.25, 0.3) is 22.3 Å². The number of aryl methyl sites for hydroxylation is 1. The molecular formula is C32H28FN3O6. The van der Waals surface area contributed by atoms with E-state index in [0.29, 0.717) is 52.9 Å². The van der Waals surface area contributed by atoms with Gasteiger partial charge < -0.3 is 24.5 Å². The van der Waals surface area contributed by atoms with E-state index in [0.717, 1.165) is 27.6 Å². The third-order valence-corrected chi connectivity index (χ3v) is 8.80. The summed E-state index contributed by atoms with van der Waals surface area (Å²) in [5.74, 6) is -1.13. The molecule has 0 spiro atoms. The van der Waals surface area contributed by atoms with E-state index in [1.54, 1.807) is 23.6 Å². The fourth-order valence-corrected chi connectivity index (χ4v) is 6.65. The monoisotopic (exact) mass is 569 g/mol. The molecule has 10 heteroatoms. The Labute approximate surface area is 239 Å². The van der Waals surface area contributed by atoms with Crippen LogP contribution in [0.15, 0.2) is 41.2 Å². The molecule has 214 valence electrons. The molecule has 2 unspecified atom stereocenters. The molecular weight excluding hydrogens is 541 g/mol. The van der Waals surface area contributed by atoms with Crippen LogP contribution < -0.4 is 10.9 Å². The number of nitrogens with one attached hydrogen (secondary N) is 1. The molecule has 0 radical (unpaired) electrons. The fourth-order valence-electron chi connectivity index (χ4n) is 6.65. The number of pyridine rings is 2. The number of hydrogen-bond donors (Lipinski definition) is 2. The smallest absolute Gasteiger partial charge is 0.407 e. The number of nitrogens with zero attached hydrogens (tertiary/aromatic N) is 2. The van der Waals surface area contributed by atoms with E-state index in [4.69, 9.17) is 14.5 Å². The first-order valence-electron chi connectivity index (χ1n) is 14.0. The Morgan fingerprint density at radius 1 is 1.19 bits per heavy atom. The van der Waals surface area contributed by atoms with Gasteiger partial charge in [0.1, 0.15) is 24.8 Å². The van der Waals surface area contributed by atoms with Crippen molar-refractivity contribution in [2.45, 2.75) is 64.8 Å². The van der Waals surface area contributed by atoms with Gasteiger partial charge in [-0.1, -0.05) is 19.1 Å². The molecule has 4 heterocycles. The molecule has 3 aliphatic rings. The molecule has 4 aromatic rings. The first kappa shape index (κ1) is 26.2. The van der Waals surface area contributed by atoms with E-state index in [1.807, 2.05) is 13.0 Å². The summed E-state index contributed by atoms with van der Waals surface area (Å²) in [4.78, 5) is 44.1. The van der Waals surface area contributed by atoms with Gasteiger partial charge in [-0.15, -0.1) is 0 Å².